The van der Waals surface area contributed by atoms with Crippen LogP contribution in [0.1, 0.15) is 43.4 Å². The zero-order valence-corrected chi connectivity index (χ0v) is 14.8. The minimum Gasteiger partial charge on any atom is -0.308 e. The Morgan fingerprint density at radius 3 is 3.17 bits per heavy atom. The molecule has 24 heavy (non-hydrogen) atoms. The minimum absolute atomic E-state index is 0.383. The third-order valence-electron chi connectivity index (χ3n) is 4.46. The van der Waals surface area contributed by atoms with Gasteiger partial charge in [0, 0.05) is 30.5 Å². The number of aromatic nitrogens is 5. The van der Waals surface area contributed by atoms with Crippen LogP contribution < -0.4 is 5.32 Å². The van der Waals surface area contributed by atoms with Crippen LogP contribution in [0.5, 0.6) is 0 Å². The van der Waals surface area contributed by atoms with Crippen molar-refractivity contribution in [2.45, 2.75) is 51.7 Å². The molecular formula is C17H22N6S. The molecule has 0 fully saturated rings. The number of thiophene rings is 1. The van der Waals surface area contributed by atoms with E-state index in [1.165, 1.54) is 10.4 Å². The van der Waals surface area contributed by atoms with Crippen molar-refractivity contribution < 1.29 is 0 Å². The van der Waals surface area contributed by atoms with Crippen LogP contribution in [0.2, 0.25) is 0 Å². The van der Waals surface area contributed by atoms with Crippen LogP contribution in [0.15, 0.2) is 23.7 Å². The zero-order valence-electron chi connectivity index (χ0n) is 14.0. The second-order valence-corrected chi connectivity index (χ2v) is 7.53. The molecule has 4 rings (SSSR count). The number of aryl methyl sites for hydroxylation is 1. The number of nitrogens with zero attached hydrogens (tertiary/aromatic N) is 4. The average Bonchev–Trinajstić information content (AvgIpc) is 3.30. The summed E-state index contributed by atoms with van der Waals surface area (Å²) in [5, 5.41) is 17.7. The van der Waals surface area contributed by atoms with Gasteiger partial charge in [-0.25, -0.2) is 9.67 Å². The number of aromatic amines is 1. The van der Waals surface area contributed by atoms with Gasteiger partial charge < -0.3 is 5.32 Å². The third kappa shape index (κ3) is 3.01. The fourth-order valence-electron chi connectivity index (χ4n) is 3.07. The number of rotatable bonds is 5. The Bertz CT molecular complexity index is 801. The largest absolute Gasteiger partial charge is 0.308 e. The molecule has 0 spiro atoms. The first-order chi connectivity index (χ1) is 11.7. The van der Waals surface area contributed by atoms with E-state index in [4.69, 9.17) is 0 Å². The summed E-state index contributed by atoms with van der Waals surface area (Å²) >= 11 is 1.73. The fourth-order valence-corrected chi connectivity index (χ4v) is 3.83. The van der Waals surface area contributed by atoms with Crippen molar-refractivity contribution in [3.63, 3.8) is 0 Å². The van der Waals surface area contributed by atoms with Crippen LogP contribution in [0.3, 0.4) is 0 Å². The van der Waals surface area contributed by atoms with E-state index in [2.05, 4.69) is 61.6 Å². The number of hydrogen-bond acceptors (Lipinski definition) is 5. The number of nitrogens with one attached hydrogen (secondary N) is 2. The average molecular weight is 342 g/mol. The molecule has 1 atom stereocenters. The van der Waals surface area contributed by atoms with Crippen molar-refractivity contribution in [3.8, 4) is 10.6 Å². The van der Waals surface area contributed by atoms with Gasteiger partial charge >= 0.3 is 0 Å². The zero-order chi connectivity index (χ0) is 16.5. The molecule has 0 aromatic carbocycles. The lowest BCUT2D eigenvalue weighted by molar-refractivity contribution is 0.357. The van der Waals surface area contributed by atoms with E-state index in [9.17, 15) is 0 Å². The van der Waals surface area contributed by atoms with E-state index >= 15 is 0 Å². The van der Waals surface area contributed by atoms with E-state index in [1.807, 2.05) is 6.20 Å². The summed E-state index contributed by atoms with van der Waals surface area (Å²) in [4.78, 5) is 5.88. The molecule has 0 saturated carbocycles. The Kier molecular flexibility index (Phi) is 4.20. The normalized spacial score (nSPS) is 17.4. The lowest BCUT2D eigenvalue weighted by Crippen LogP contribution is -2.37. The van der Waals surface area contributed by atoms with Gasteiger partial charge in [-0.15, -0.1) is 11.3 Å². The first-order valence-electron chi connectivity index (χ1n) is 8.44. The molecule has 7 heteroatoms. The molecule has 0 saturated heterocycles. The molecule has 0 radical (unpaired) electrons. The van der Waals surface area contributed by atoms with E-state index < -0.39 is 0 Å². The first-order valence-corrected chi connectivity index (χ1v) is 9.32. The Morgan fingerprint density at radius 1 is 1.46 bits per heavy atom. The summed E-state index contributed by atoms with van der Waals surface area (Å²) in [6.45, 7) is 5.99. The minimum atomic E-state index is 0.383. The van der Waals surface area contributed by atoms with E-state index in [1.54, 1.807) is 11.3 Å². The van der Waals surface area contributed by atoms with E-state index in [0.717, 1.165) is 43.3 Å². The van der Waals surface area contributed by atoms with Gasteiger partial charge in [0.15, 0.2) is 5.82 Å². The topological polar surface area (TPSA) is 71.4 Å². The van der Waals surface area contributed by atoms with Gasteiger partial charge in [-0.1, -0.05) is 19.9 Å². The van der Waals surface area contributed by atoms with Crippen molar-refractivity contribution >= 4 is 11.3 Å². The van der Waals surface area contributed by atoms with Crippen LogP contribution >= 0.6 is 11.3 Å². The number of H-pyrrole nitrogens is 1. The highest BCUT2D eigenvalue weighted by molar-refractivity contribution is 7.13. The van der Waals surface area contributed by atoms with E-state index in [0.29, 0.717) is 12.0 Å². The Labute approximate surface area is 145 Å². The van der Waals surface area contributed by atoms with Crippen molar-refractivity contribution in [2.24, 2.45) is 0 Å². The Hall–Kier alpha value is -1.99. The Morgan fingerprint density at radius 2 is 2.38 bits per heavy atom. The molecule has 126 valence electrons. The Balaban J connectivity index is 1.42. The van der Waals surface area contributed by atoms with Crippen molar-refractivity contribution in [1.82, 2.24) is 30.3 Å². The standard InChI is InChI=1S/C17H22N6S/c1-11(2)17-20-15-6-5-13(10-23(15)22-17)18-8-12-9-19-21-16(12)14-4-3-7-24-14/h3-4,7,9,11,13,18H,5-6,8,10H2,1-2H3,(H,19,21)/t13-/m0/s1. The van der Waals surface area contributed by atoms with Crippen molar-refractivity contribution in [2.75, 3.05) is 0 Å². The smallest absolute Gasteiger partial charge is 0.153 e. The van der Waals surface area contributed by atoms with Crippen molar-refractivity contribution in [1.29, 1.82) is 0 Å². The lowest BCUT2D eigenvalue weighted by atomic mass is 10.1. The van der Waals surface area contributed by atoms with Gasteiger partial charge in [-0.2, -0.15) is 10.2 Å². The van der Waals surface area contributed by atoms with Gasteiger partial charge in [-0.3, -0.25) is 5.10 Å². The maximum Gasteiger partial charge on any atom is 0.153 e. The molecule has 4 heterocycles. The summed E-state index contributed by atoms with van der Waals surface area (Å²) in [6, 6.07) is 4.61. The highest BCUT2D eigenvalue weighted by atomic mass is 32.1. The molecule has 6 nitrogen and oxygen atoms in total. The highest BCUT2D eigenvalue weighted by Crippen LogP contribution is 2.26. The summed E-state index contributed by atoms with van der Waals surface area (Å²) in [5.41, 5.74) is 2.33. The number of fused-ring (bicyclic) bond motifs is 1. The van der Waals surface area contributed by atoms with Crippen molar-refractivity contribution in [3.05, 3.63) is 40.9 Å². The molecule has 1 aliphatic rings. The van der Waals surface area contributed by atoms with Crippen LogP contribution in [-0.4, -0.2) is 31.0 Å². The predicted octanol–water partition coefficient (Wildman–Crippen LogP) is 2.96. The fraction of sp³-hybridized carbons (Fsp3) is 0.471. The van der Waals surface area contributed by atoms with Gasteiger partial charge in [0.25, 0.3) is 0 Å². The first kappa shape index (κ1) is 15.5. The molecular weight excluding hydrogens is 320 g/mol. The molecule has 0 amide bonds. The second kappa shape index (κ2) is 6.49. The molecule has 0 bridgehead atoms. The summed E-state index contributed by atoms with van der Waals surface area (Å²) in [5.74, 6) is 2.47. The maximum atomic E-state index is 4.65. The molecule has 1 aliphatic heterocycles. The third-order valence-corrected chi connectivity index (χ3v) is 5.34. The van der Waals surface area contributed by atoms with Crippen LogP contribution in [0.4, 0.5) is 0 Å². The molecule has 2 N–H and O–H groups in total. The quantitative estimate of drug-likeness (QED) is 0.748. The van der Waals surface area contributed by atoms with Gasteiger partial charge in [-0.05, 0) is 17.9 Å². The molecule has 0 unspecified atom stereocenters. The monoisotopic (exact) mass is 342 g/mol. The van der Waals surface area contributed by atoms with Crippen LogP contribution in [-0.2, 0) is 19.5 Å². The summed E-state index contributed by atoms with van der Waals surface area (Å²) in [7, 11) is 0. The van der Waals surface area contributed by atoms with Crippen LogP contribution in [0.25, 0.3) is 10.6 Å². The summed E-state index contributed by atoms with van der Waals surface area (Å²) in [6.07, 6.45) is 4.01. The SMILES string of the molecule is CC(C)c1nc2n(n1)C[C@@H](NCc1cn[nH]c1-c1cccs1)CC2. The maximum absolute atomic E-state index is 4.65. The van der Waals surface area contributed by atoms with Gasteiger partial charge in [0.2, 0.25) is 0 Å². The number of hydrogen-bond donors (Lipinski definition) is 2. The van der Waals surface area contributed by atoms with Gasteiger partial charge in [0.1, 0.15) is 5.82 Å². The van der Waals surface area contributed by atoms with Crippen LogP contribution in [0, 0.1) is 0 Å². The lowest BCUT2D eigenvalue weighted by Gasteiger charge is -2.23. The van der Waals surface area contributed by atoms with Gasteiger partial charge in [0.05, 0.1) is 23.3 Å². The highest BCUT2D eigenvalue weighted by Gasteiger charge is 2.22. The van der Waals surface area contributed by atoms with E-state index in [-0.39, 0.29) is 0 Å². The molecule has 0 aliphatic carbocycles. The predicted molar refractivity (Wildman–Crippen MR) is 95.0 cm³/mol. The molecule has 3 aromatic heterocycles. The second-order valence-electron chi connectivity index (χ2n) is 6.59. The summed E-state index contributed by atoms with van der Waals surface area (Å²) < 4.78 is 2.08. The molecule has 3 aromatic rings.